The summed E-state index contributed by atoms with van der Waals surface area (Å²) in [4.78, 5) is 9.82. The van der Waals surface area contributed by atoms with Crippen molar-refractivity contribution in [2.75, 3.05) is 9.80 Å². The standard InChI is InChI=1S/C68H71N4O.Pt/c1-64(2,3)47-29-26-44(27-30-47)45-28-33-60-62(35-45)70(43-71(60)52-37-49(66(7,8)9)36-50(38-52)67(10,11)12)51-22-19-23-53(39-51)73-54-31-32-56-55-24-16-17-25-59(55)72(61(56)40-54)63-41-58(68(13,14)15)57(42-69-63)46-20-18-21-48(34-46)65(4,5)6;/h16-38,41-43H,1-15H3;/q-3;. The van der Waals surface area contributed by atoms with Gasteiger partial charge in [0.25, 0.3) is 0 Å². The maximum atomic E-state index is 6.81. The first-order valence-electron chi connectivity index (χ1n) is 25.9. The minimum Gasteiger partial charge on any atom is -0.509 e. The van der Waals surface area contributed by atoms with Crippen molar-refractivity contribution >= 4 is 44.6 Å². The number of benzene rings is 7. The molecule has 0 saturated carbocycles. The molecule has 7 aromatic carbocycles. The number of pyridine rings is 1. The molecule has 9 aromatic rings. The molecule has 0 atom stereocenters. The third kappa shape index (κ3) is 10.2. The van der Waals surface area contributed by atoms with E-state index in [0.717, 1.165) is 61.5 Å². The first kappa shape index (κ1) is 52.4. The molecular weight excluding hydrogens is 1080 g/mol. The van der Waals surface area contributed by atoms with Crippen LogP contribution in [0.3, 0.4) is 0 Å². The molecule has 74 heavy (non-hydrogen) atoms. The molecule has 0 amide bonds. The van der Waals surface area contributed by atoms with Crippen LogP contribution in [0.5, 0.6) is 11.5 Å². The Balaban J connectivity index is 0.00000672. The fourth-order valence-corrected chi connectivity index (χ4v) is 10.0. The van der Waals surface area contributed by atoms with Crippen LogP contribution in [0.2, 0.25) is 0 Å². The molecule has 6 heteroatoms. The maximum absolute atomic E-state index is 6.81. The van der Waals surface area contributed by atoms with Gasteiger partial charge >= 0.3 is 0 Å². The quantitative estimate of drug-likeness (QED) is 0.149. The fourth-order valence-electron chi connectivity index (χ4n) is 10.0. The summed E-state index contributed by atoms with van der Waals surface area (Å²) in [6.45, 7) is 36.4. The zero-order chi connectivity index (χ0) is 52.0. The van der Waals surface area contributed by atoms with Gasteiger partial charge in [-0.25, -0.2) is 4.98 Å². The third-order valence-electron chi connectivity index (χ3n) is 14.5. The summed E-state index contributed by atoms with van der Waals surface area (Å²) in [5.41, 5.74) is 17.1. The van der Waals surface area contributed by atoms with Crippen LogP contribution in [-0.4, -0.2) is 9.55 Å². The number of nitrogens with zero attached hydrogens (tertiary/aromatic N) is 4. The Kier molecular flexibility index (Phi) is 13.5. The minimum absolute atomic E-state index is 0. The Bertz CT molecular complexity index is 3520. The van der Waals surface area contributed by atoms with Gasteiger partial charge in [0.15, 0.2) is 0 Å². The summed E-state index contributed by atoms with van der Waals surface area (Å²) in [5, 5.41) is 2.22. The van der Waals surface area contributed by atoms with Gasteiger partial charge in [-0.1, -0.05) is 188 Å². The fraction of sp³-hybridized carbons (Fsp3) is 0.294. The van der Waals surface area contributed by atoms with E-state index >= 15 is 0 Å². The summed E-state index contributed by atoms with van der Waals surface area (Å²) in [6, 6.07) is 60.4. The van der Waals surface area contributed by atoms with Gasteiger partial charge in [-0.2, -0.15) is 12.1 Å². The van der Waals surface area contributed by atoms with E-state index < -0.39 is 0 Å². The number of para-hydroxylation sites is 1. The average Bonchev–Trinajstić information content (AvgIpc) is 3.88. The van der Waals surface area contributed by atoms with E-state index in [4.69, 9.17) is 9.72 Å². The Morgan fingerprint density at radius 1 is 0.459 bits per heavy atom. The Morgan fingerprint density at radius 2 is 1.09 bits per heavy atom. The second kappa shape index (κ2) is 19.1. The molecule has 1 aliphatic heterocycles. The van der Waals surface area contributed by atoms with Gasteiger partial charge < -0.3 is 19.1 Å². The van der Waals surface area contributed by atoms with Gasteiger partial charge in [-0.05, 0) is 113 Å². The molecule has 0 unspecified atom stereocenters. The zero-order valence-corrected chi connectivity index (χ0v) is 48.3. The molecule has 1 aliphatic rings. The van der Waals surface area contributed by atoms with Crippen LogP contribution < -0.4 is 14.5 Å². The number of hydrogen-bond donors (Lipinski definition) is 0. The Morgan fingerprint density at radius 3 is 1.76 bits per heavy atom. The van der Waals surface area contributed by atoms with Crippen LogP contribution in [0.15, 0.2) is 152 Å². The van der Waals surface area contributed by atoms with Crippen molar-refractivity contribution in [3.05, 3.63) is 198 Å². The van der Waals surface area contributed by atoms with E-state index in [-0.39, 0.29) is 48.1 Å². The van der Waals surface area contributed by atoms with E-state index in [9.17, 15) is 0 Å². The van der Waals surface area contributed by atoms with Gasteiger partial charge in [0.2, 0.25) is 0 Å². The summed E-state index contributed by atoms with van der Waals surface area (Å²) in [7, 11) is 0. The predicted molar refractivity (Wildman–Crippen MR) is 309 cm³/mol. The van der Waals surface area contributed by atoms with Crippen molar-refractivity contribution in [3.63, 3.8) is 0 Å². The van der Waals surface area contributed by atoms with Crippen LogP contribution in [-0.2, 0) is 48.1 Å². The van der Waals surface area contributed by atoms with E-state index in [1.165, 1.54) is 38.9 Å². The van der Waals surface area contributed by atoms with E-state index in [1.54, 1.807) is 0 Å². The number of aromatic nitrogens is 2. The van der Waals surface area contributed by atoms with Crippen molar-refractivity contribution in [1.29, 1.82) is 0 Å². The first-order chi connectivity index (χ1) is 34.3. The normalized spacial score (nSPS) is 13.4. The van der Waals surface area contributed by atoms with Crippen LogP contribution in [0.1, 0.15) is 132 Å². The molecule has 0 aliphatic carbocycles. The molecule has 0 fully saturated rings. The third-order valence-corrected chi connectivity index (χ3v) is 14.5. The molecule has 2 aromatic heterocycles. The molecule has 0 bridgehead atoms. The molecule has 10 rings (SSSR count). The van der Waals surface area contributed by atoms with Gasteiger partial charge in [-0.15, -0.1) is 48.1 Å². The molecular formula is C68H71N4OPt-3. The Labute approximate surface area is 455 Å². The second-order valence-corrected chi connectivity index (χ2v) is 25.3. The molecule has 0 radical (unpaired) electrons. The number of hydrogen-bond acceptors (Lipinski definition) is 4. The number of rotatable bonds is 7. The van der Waals surface area contributed by atoms with Gasteiger partial charge in [0.1, 0.15) is 5.82 Å². The van der Waals surface area contributed by atoms with Gasteiger partial charge in [0, 0.05) is 66.9 Å². The summed E-state index contributed by atoms with van der Waals surface area (Å²) in [6.07, 6.45) is 2.06. The van der Waals surface area contributed by atoms with Crippen LogP contribution in [0, 0.1) is 18.8 Å². The summed E-state index contributed by atoms with van der Waals surface area (Å²) < 4.78 is 9.04. The second-order valence-electron chi connectivity index (χ2n) is 25.3. The first-order valence-corrected chi connectivity index (χ1v) is 25.9. The van der Waals surface area contributed by atoms with E-state index in [0.29, 0.717) is 11.5 Å². The number of fused-ring (bicyclic) bond motifs is 4. The van der Waals surface area contributed by atoms with Crippen LogP contribution in [0.25, 0.3) is 49.9 Å². The van der Waals surface area contributed by atoms with Gasteiger partial charge in [0.05, 0.1) is 0 Å². The maximum Gasteiger partial charge on any atom is 0.135 e. The van der Waals surface area contributed by atoms with Crippen molar-refractivity contribution in [1.82, 2.24) is 9.55 Å². The number of anilines is 4. The van der Waals surface area contributed by atoms with Crippen molar-refractivity contribution in [2.24, 2.45) is 0 Å². The Hall–Kier alpha value is -6.42. The molecule has 382 valence electrons. The van der Waals surface area contributed by atoms with Crippen molar-refractivity contribution in [2.45, 2.75) is 131 Å². The molecule has 0 N–H and O–H groups in total. The number of ether oxygens (including phenoxy) is 1. The predicted octanol–water partition coefficient (Wildman–Crippen LogP) is 18.8. The summed E-state index contributed by atoms with van der Waals surface area (Å²) in [5.74, 6) is 2.03. The van der Waals surface area contributed by atoms with Crippen LogP contribution >= 0.6 is 0 Å². The largest absolute Gasteiger partial charge is 0.509 e. The summed E-state index contributed by atoms with van der Waals surface area (Å²) >= 11 is 0. The van der Waals surface area contributed by atoms with Crippen molar-refractivity contribution < 1.29 is 25.8 Å². The smallest absolute Gasteiger partial charge is 0.135 e. The van der Waals surface area contributed by atoms with Crippen molar-refractivity contribution in [3.8, 4) is 39.6 Å². The molecule has 5 nitrogen and oxygen atoms in total. The SMILES string of the molecule is CC(C)(C)c1ccc(-c2ccc3c(c2)N(c2[c-]c(Oc4[c-]c5c(cc4)c4ccccc4n5-c4cc(C(C)(C)C)c(-c5cccc(C(C)(C)C)c5)cn4)ccc2)[CH-]N3c2cc(C(C)(C)C)cc(C(C)(C)C)c2)cc1.[Pt]. The monoisotopic (exact) mass is 1150 g/mol. The van der Waals surface area contributed by atoms with E-state index in [2.05, 4.69) is 277 Å². The van der Waals surface area contributed by atoms with Gasteiger partial charge in [-0.3, -0.25) is 0 Å². The molecule has 3 heterocycles. The topological polar surface area (TPSA) is 33.5 Å². The molecule has 0 spiro atoms. The van der Waals surface area contributed by atoms with Crippen LogP contribution in [0.4, 0.5) is 22.7 Å². The zero-order valence-electron chi connectivity index (χ0n) is 46.0. The molecule has 0 saturated heterocycles. The average molecular weight is 1160 g/mol. The minimum atomic E-state index is -0.155. The van der Waals surface area contributed by atoms with E-state index in [1.807, 2.05) is 12.1 Å².